The summed E-state index contributed by atoms with van der Waals surface area (Å²) < 4.78 is 56.6. The highest BCUT2D eigenvalue weighted by molar-refractivity contribution is 9.10. The van der Waals surface area contributed by atoms with Crippen LogP contribution in [0.15, 0.2) is 56.4 Å². The Bertz CT molecular complexity index is 1180. The number of hydrogen-bond donors (Lipinski definition) is 1. The van der Waals surface area contributed by atoms with Gasteiger partial charge in [0.1, 0.15) is 4.90 Å². The lowest BCUT2D eigenvalue weighted by Gasteiger charge is -2.30. The summed E-state index contributed by atoms with van der Waals surface area (Å²) in [6, 6.07) is 9.69. The quantitative estimate of drug-likeness (QED) is 0.511. The number of alkyl halides is 2. The minimum atomic E-state index is -4.09. The molecule has 0 aliphatic carbocycles. The van der Waals surface area contributed by atoms with E-state index in [9.17, 15) is 17.2 Å². The van der Waals surface area contributed by atoms with E-state index >= 15 is 0 Å². The van der Waals surface area contributed by atoms with Crippen molar-refractivity contribution in [2.45, 2.75) is 11.3 Å². The molecule has 0 amide bonds. The van der Waals surface area contributed by atoms with Gasteiger partial charge in [-0.2, -0.15) is 0 Å². The van der Waals surface area contributed by atoms with Gasteiger partial charge in [0, 0.05) is 58.0 Å². The smallest absolute Gasteiger partial charge is 0.269 e. The van der Waals surface area contributed by atoms with Crippen molar-refractivity contribution in [2.24, 2.45) is 0 Å². The van der Waals surface area contributed by atoms with Gasteiger partial charge in [-0.3, -0.25) is 0 Å². The van der Waals surface area contributed by atoms with Crippen LogP contribution in [0.25, 0.3) is 10.9 Å². The Morgan fingerprint density at radius 3 is 2.41 bits per heavy atom. The first-order chi connectivity index (χ1) is 13.8. The summed E-state index contributed by atoms with van der Waals surface area (Å²) in [7, 11) is -4.09. The van der Waals surface area contributed by atoms with Gasteiger partial charge < -0.3 is 10.2 Å². The van der Waals surface area contributed by atoms with E-state index in [1.165, 1.54) is 6.07 Å². The highest BCUT2D eigenvalue weighted by atomic mass is 79.9. The SMILES string of the molecule is O=S(=O)(c1ccccc1Br)n1cc(C(F)F)c2c(N3CCNCC3)cc(Br)cc21. The molecule has 0 saturated carbocycles. The molecule has 0 bridgehead atoms. The van der Waals surface area contributed by atoms with Crippen LogP contribution in [0.3, 0.4) is 0 Å². The Hall–Kier alpha value is -1.49. The fourth-order valence-electron chi connectivity index (χ4n) is 3.59. The highest BCUT2D eigenvalue weighted by Gasteiger charge is 2.29. The Kier molecular flexibility index (Phi) is 5.71. The van der Waals surface area contributed by atoms with Crippen molar-refractivity contribution in [3.63, 3.8) is 0 Å². The van der Waals surface area contributed by atoms with Crippen LogP contribution >= 0.6 is 31.9 Å². The van der Waals surface area contributed by atoms with Gasteiger partial charge in [0.05, 0.1) is 5.52 Å². The molecular formula is C19H17Br2F2N3O2S. The maximum atomic E-state index is 14.0. The first kappa shape index (κ1) is 20.8. The van der Waals surface area contributed by atoms with Gasteiger partial charge in [0.2, 0.25) is 0 Å². The van der Waals surface area contributed by atoms with Crippen LogP contribution in [0.4, 0.5) is 14.5 Å². The molecule has 3 aromatic rings. The topological polar surface area (TPSA) is 54.3 Å². The summed E-state index contributed by atoms with van der Waals surface area (Å²) in [4.78, 5) is 2.02. The molecule has 0 spiro atoms. The van der Waals surface area contributed by atoms with Crippen molar-refractivity contribution >= 4 is 58.5 Å². The highest BCUT2D eigenvalue weighted by Crippen LogP contribution is 2.40. The molecule has 0 unspecified atom stereocenters. The third-order valence-corrected chi connectivity index (χ3v) is 8.05. The van der Waals surface area contributed by atoms with E-state index < -0.39 is 16.4 Å². The fraction of sp³-hybridized carbons (Fsp3) is 0.263. The molecule has 1 aliphatic heterocycles. The average molecular weight is 549 g/mol. The predicted octanol–water partition coefficient (Wildman–Crippen LogP) is 4.75. The van der Waals surface area contributed by atoms with E-state index in [4.69, 9.17) is 0 Å². The second kappa shape index (κ2) is 7.98. The Morgan fingerprint density at radius 2 is 1.76 bits per heavy atom. The van der Waals surface area contributed by atoms with Gasteiger partial charge in [-0.1, -0.05) is 28.1 Å². The summed E-state index contributed by atoms with van der Waals surface area (Å²) in [5.41, 5.74) is 0.530. The number of piperazine rings is 1. The van der Waals surface area contributed by atoms with Gasteiger partial charge in [0.15, 0.2) is 0 Å². The number of nitrogens with zero attached hydrogens (tertiary/aromatic N) is 2. The molecule has 2 heterocycles. The van der Waals surface area contributed by atoms with E-state index in [0.29, 0.717) is 27.7 Å². The lowest BCUT2D eigenvalue weighted by atomic mass is 10.1. The molecule has 1 N–H and O–H groups in total. The summed E-state index contributed by atoms with van der Waals surface area (Å²) in [5.74, 6) is 0. The van der Waals surface area contributed by atoms with Gasteiger partial charge in [-0.15, -0.1) is 0 Å². The summed E-state index contributed by atoms with van der Waals surface area (Å²) in [6.45, 7) is 2.76. The van der Waals surface area contributed by atoms with Crippen LogP contribution < -0.4 is 10.2 Å². The summed E-state index contributed by atoms with van der Waals surface area (Å²) >= 11 is 6.68. The third kappa shape index (κ3) is 3.71. The maximum Gasteiger partial charge on any atom is 0.269 e. The molecule has 1 aliphatic rings. The van der Waals surface area contributed by atoms with E-state index in [-0.39, 0.29) is 21.4 Å². The van der Waals surface area contributed by atoms with Crippen molar-refractivity contribution in [1.29, 1.82) is 0 Å². The molecule has 0 atom stereocenters. The van der Waals surface area contributed by atoms with Crippen molar-refractivity contribution in [1.82, 2.24) is 9.29 Å². The number of aromatic nitrogens is 1. The van der Waals surface area contributed by atoms with Crippen LogP contribution in [0.5, 0.6) is 0 Å². The molecule has 1 aromatic heterocycles. The maximum absolute atomic E-state index is 14.0. The Balaban J connectivity index is 2.02. The van der Waals surface area contributed by atoms with E-state index in [2.05, 4.69) is 37.2 Å². The minimum Gasteiger partial charge on any atom is -0.368 e. The number of hydrogen-bond acceptors (Lipinski definition) is 4. The van der Waals surface area contributed by atoms with Gasteiger partial charge in [0.25, 0.3) is 16.4 Å². The number of rotatable bonds is 4. The average Bonchev–Trinajstić information content (AvgIpc) is 3.08. The van der Waals surface area contributed by atoms with Crippen molar-refractivity contribution in [2.75, 3.05) is 31.1 Å². The van der Waals surface area contributed by atoms with E-state index in [1.807, 2.05) is 4.90 Å². The van der Waals surface area contributed by atoms with Gasteiger partial charge in [-0.05, 0) is 40.2 Å². The van der Waals surface area contributed by atoms with Crippen LogP contribution in [0, 0.1) is 0 Å². The van der Waals surface area contributed by atoms with Crippen molar-refractivity contribution in [3.05, 3.63) is 57.1 Å². The molecule has 0 radical (unpaired) electrons. The molecule has 1 fully saturated rings. The predicted molar refractivity (Wildman–Crippen MR) is 116 cm³/mol. The third-order valence-electron chi connectivity index (χ3n) is 4.91. The van der Waals surface area contributed by atoms with Gasteiger partial charge in [-0.25, -0.2) is 21.2 Å². The lowest BCUT2D eigenvalue weighted by Crippen LogP contribution is -2.43. The van der Waals surface area contributed by atoms with E-state index in [1.54, 1.807) is 30.3 Å². The second-order valence-electron chi connectivity index (χ2n) is 6.67. The first-order valence-electron chi connectivity index (χ1n) is 8.89. The molecule has 2 aromatic carbocycles. The van der Waals surface area contributed by atoms with Crippen LogP contribution in [-0.2, 0) is 10.0 Å². The molecule has 1 saturated heterocycles. The zero-order valence-corrected chi connectivity index (χ0v) is 19.1. The second-order valence-corrected chi connectivity index (χ2v) is 10.2. The number of halogens is 4. The minimum absolute atomic E-state index is 0.0152. The molecule has 4 rings (SSSR count). The molecule has 29 heavy (non-hydrogen) atoms. The largest absolute Gasteiger partial charge is 0.368 e. The van der Waals surface area contributed by atoms with Crippen LogP contribution in [0.2, 0.25) is 0 Å². The molecule has 5 nitrogen and oxygen atoms in total. The number of nitrogens with one attached hydrogen (secondary N) is 1. The Labute approximate surface area is 184 Å². The monoisotopic (exact) mass is 547 g/mol. The van der Waals surface area contributed by atoms with Gasteiger partial charge >= 0.3 is 0 Å². The standard InChI is InChI=1S/C19H17Br2F2N3O2S/c20-12-9-15(25-7-5-24-6-8-25)18-13(19(22)23)11-26(16(18)10-12)29(27,28)17-4-2-1-3-14(17)21/h1-4,9-11,19,24H,5-8H2. The van der Waals surface area contributed by atoms with Crippen molar-refractivity contribution < 1.29 is 17.2 Å². The first-order valence-corrected chi connectivity index (χ1v) is 11.9. The number of fused-ring (bicyclic) bond motifs is 1. The van der Waals surface area contributed by atoms with E-state index in [0.717, 1.165) is 23.3 Å². The van der Waals surface area contributed by atoms with Crippen LogP contribution in [-0.4, -0.2) is 38.6 Å². The van der Waals surface area contributed by atoms with Crippen molar-refractivity contribution in [3.8, 4) is 0 Å². The normalized spacial score (nSPS) is 15.4. The summed E-state index contributed by atoms with van der Waals surface area (Å²) in [5, 5.41) is 3.50. The molecular weight excluding hydrogens is 532 g/mol. The summed E-state index contributed by atoms with van der Waals surface area (Å²) in [6.07, 6.45) is -1.77. The van der Waals surface area contributed by atoms with Crippen LogP contribution in [0.1, 0.15) is 12.0 Å². The number of anilines is 1. The lowest BCUT2D eigenvalue weighted by molar-refractivity contribution is 0.153. The fourth-order valence-corrected chi connectivity index (χ4v) is 6.35. The molecule has 154 valence electrons. The molecule has 10 heteroatoms. The number of benzene rings is 2. The Morgan fingerprint density at radius 1 is 1.07 bits per heavy atom. The zero-order valence-electron chi connectivity index (χ0n) is 15.1. The zero-order chi connectivity index (χ0) is 20.8.